The van der Waals surface area contributed by atoms with Crippen molar-refractivity contribution in [2.24, 2.45) is 5.92 Å². The van der Waals surface area contributed by atoms with E-state index in [9.17, 15) is 4.79 Å². The summed E-state index contributed by atoms with van der Waals surface area (Å²) in [6.07, 6.45) is 6.71. The maximum atomic E-state index is 11.9. The maximum Gasteiger partial charge on any atom is 0.321 e. The van der Waals surface area contributed by atoms with Crippen LogP contribution in [0.4, 0.5) is 9.93 Å². The molecule has 1 heterocycles. The fourth-order valence-electron chi connectivity index (χ4n) is 2.45. The molecule has 2 amide bonds. The number of hydrogen-bond acceptors (Lipinski definition) is 4. The summed E-state index contributed by atoms with van der Waals surface area (Å²) in [7, 11) is 0. The van der Waals surface area contributed by atoms with E-state index in [0.29, 0.717) is 11.0 Å². The third-order valence-electron chi connectivity index (χ3n) is 3.58. The van der Waals surface area contributed by atoms with Gasteiger partial charge in [0.2, 0.25) is 5.13 Å². The highest BCUT2D eigenvalue weighted by atomic mass is 32.1. The molecule has 19 heavy (non-hydrogen) atoms. The Morgan fingerprint density at radius 2 is 2.16 bits per heavy atom. The van der Waals surface area contributed by atoms with Crippen molar-refractivity contribution in [2.75, 3.05) is 5.32 Å². The third kappa shape index (κ3) is 4.16. The first-order valence-electron chi connectivity index (χ1n) is 7.09. The molecule has 0 radical (unpaired) electrons. The van der Waals surface area contributed by atoms with Gasteiger partial charge < -0.3 is 5.32 Å². The van der Waals surface area contributed by atoms with Crippen LogP contribution in [0.25, 0.3) is 0 Å². The summed E-state index contributed by atoms with van der Waals surface area (Å²) in [5.74, 6) is 0.560. The van der Waals surface area contributed by atoms with E-state index in [1.54, 1.807) is 0 Å². The van der Waals surface area contributed by atoms with Crippen molar-refractivity contribution in [1.29, 1.82) is 0 Å². The van der Waals surface area contributed by atoms with Gasteiger partial charge in [-0.3, -0.25) is 5.32 Å². The summed E-state index contributed by atoms with van der Waals surface area (Å²) in [6.45, 7) is 4.31. The van der Waals surface area contributed by atoms with E-state index in [4.69, 9.17) is 0 Å². The van der Waals surface area contributed by atoms with Gasteiger partial charge in [0, 0.05) is 12.5 Å². The van der Waals surface area contributed by atoms with Gasteiger partial charge in [-0.1, -0.05) is 38.0 Å². The largest absolute Gasteiger partial charge is 0.335 e. The third-order valence-corrected chi connectivity index (χ3v) is 4.48. The Morgan fingerprint density at radius 1 is 1.37 bits per heavy atom. The lowest BCUT2D eigenvalue weighted by molar-refractivity contribution is 0.232. The molecule has 2 unspecified atom stereocenters. The van der Waals surface area contributed by atoms with Gasteiger partial charge >= 0.3 is 6.03 Å². The normalized spacial score (nSPS) is 23.1. The van der Waals surface area contributed by atoms with Gasteiger partial charge in [0.15, 0.2) is 0 Å². The summed E-state index contributed by atoms with van der Waals surface area (Å²) in [4.78, 5) is 11.9. The Labute approximate surface area is 118 Å². The van der Waals surface area contributed by atoms with Crippen molar-refractivity contribution < 1.29 is 4.79 Å². The van der Waals surface area contributed by atoms with Crippen LogP contribution in [0.3, 0.4) is 0 Å². The zero-order valence-electron chi connectivity index (χ0n) is 11.6. The van der Waals surface area contributed by atoms with Gasteiger partial charge in [-0.15, -0.1) is 10.2 Å². The van der Waals surface area contributed by atoms with Gasteiger partial charge in [0.25, 0.3) is 0 Å². The monoisotopic (exact) mass is 282 g/mol. The summed E-state index contributed by atoms with van der Waals surface area (Å²) < 4.78 is 0. The van der Waals surface area contributed by atoms with E-state index in [1.165, 1.54) is 30.6 Å². The molecule has 1 aliphatic carbocycles. The predicted molar refractivity (Wildman–Crippen MR) is 77.5 cm³/mol. The van der Waals surface area contributed by atoms with Gasteiger partial charge in [0.05, 0.1) is 0 Å². The first-order valence-corrected chi connectivity index (χ1v) is 7.90. The van der Waals surface area contributed by atoms with Gasteiger partial charge in [-0.2, -0.15) is 0 Å². The lowest BCUT2D eigenvalue weighted by atomic mass is 9.86. The number of urea groups is 1. The SMILES string of the molecule is CCCc1nnc(NC(=O)NC2CCCCC2C)s1. The van der Waals surface area contributed by atoms with Crippen LogP contribution in [0, 0.1) is 5.92 Å². The molecule has 2 rings (SSSR count). The molecule has 106 valence electrons. The van der Waals surface area contributed by atoms with Crippen LogP contribution >= 0.6 is 11.3 Å². The molecule has 6 heteroatoms. The van der Waals surface area contributed by atoms with Crippen molar-refractivity contribution in [2.45, 2.75) is 58.4 Å². The second-order valence-electron chi connectivity index (χ2n) is 5.22. The topological polar surface area (TPSA) is 66.9 Å². The summed E-state index contributed by atoms with van der Waals surface area (Å²) in [5.41, 5.74) is 0. The molecule has 5 nitrogen and oxygen atoms in total. The smallest absolute Gasteiger partial charge is 0.321 e. The molecule has 1 aromatic rings. The molecule has 0 bridgehead atoms. The highest BCUT2D eigenvalue weighted by Crippen LogP contribution is 2.24. The first-order chi connectivity index (χ1) is 9.19. The van der Waals surface area contributed by atoms with Crippen molar-refractivity contribution in [3.8, 4) is 0 Å². The van der Waals surface area contributed by atoms with Crippen molar-refractivity contribution in [3.05, 3.63) is 5.01 Å². The van der Waals surface area contributed by atoms with Crippen LogP contribution in [-0.4, -0.2) is 22.3 Å². The average molecular weight is 282 g/mol. The molecule has 2 N–H and O–H groups in total. The van der Waals surface area contributed by atoms with E-state index < -0.39 is 0 Å². The van der Waals surface area contributed by atoms with Crippen LogP contribution in [-0.2, 0) is 6.42 Å². The molecule has 0 aromatic carbocycles. The lowest BCUT2D eigenvalue weighted by Crippen LogP contribution is -2.43. The van der Waals surface area contributed by atoms with E-state index in [0.717, 1.165) is 24.3 Å². The number of rotatable bonds is 4. The number of carbonyl (C=O) groups is 1. The van der Waals surface area contributed by atoms with Crippen LogP contribution in [0.1, 0.15) is 51.0 Å². The van der Waals surface area contributed by atoms with Crippen LogP contribution in [0.2, 0.25) is 0 Å². The number of nitrogens with zero attached hydrogens (tertiary/aromatic N) is 2. The minimum absolute atomic E-state index is 0.155. The zero-order valence-corrected chi connectivity index (χ0v) is 12.4. The predicted octanol–water partition coefficient (Wildman–Crippen LogP) is 3.19. The van der Waals surface area contributed by atoms with Crippen molar-refractivity contribution in [3.63, 3.8) is 0 Å². The Bertz CT molecular complexity index is 421. The van der Waals surface area contributed by atoms with Gasteiger partial charge in [-0.05, 0) is 25.2 Å². The second kappa shape index (κ2) is 6.84. The molecule has 0 aliphatic heterocycles. The molecule has 1 saturated carbocycles. The van der Waals surface area contributed by atoms with E-state index in [2.05, 4.69) is 34.7 Å². The van der Waals surface area contributed by atoms with E-state index in [1.807, 2.05) is 0 Å². The molecule has 0 spiro atoms. The van der Waals surface area contributed by atoms with Crippen LogP contribution < -0.4 is 10.6 Å². The molecular weight excluding hydrogens is 260 g/mol. The molecule has 1 fully saturated rings. The number of hydrogen-bond donors (Lipinski definition) is 2. The van der Waals surface area contributed by atoms with E-state index in [-0.39, 0.29) is 12.1 Å². The molecule has 1 aromatic heterocycles. The van der Waals surface area contributed by atoms with E-state index >= 15 is 0 Å². The Kier molecular flexibility index (Phi) is 5.13. The molecule has 2 atom stereocenters. The standard InChI is InChI=1S/C13H22N4OS/c1-3-6-11-16-17-13(19-11)15-12(18)14-10-8-5-4-7-9(10)2/h9-10H,3-8H2,1-2H3,(H2,14,15,17,18). The minimum atomic E-state index is -0.155. The maximum absolute atomic E-state index is 11.9. The number of anilines is 1. The number of nitrogens with one attached hydrogen (secondary N) is 2. The molecular formula is C13H22N4OS. The Morgan fingerprint density at radius 3 is 2.89 bits per heavy atom. The number of carbonyl (C=O) groups excluding carboxylic acids is 1. The lowest BCUT2D eigenvalue weighted by Gasteiger charge is -2.29. The molecule has 0 saturated heterocycles. The second-order valence-corrected chi connectivity index (χ2v) is 6.28. The summed E-state index contributed by atoms with van der Waals surface area (Å²) in [5, 5.41) is 15.4. The summed E-state index contributed by atoms with van der Waals surface area (Å²) >= 11 is 1.45. The highest BCUT2D eigenvalue weighted by Gasteiger charge is 2.23. The average Bonchev–Trinajstić information content (AvgIpc) is 2.80. The quantitative estimate of drug-likeness (QED) is 0.891. The minimum Gasteiger partial charge on any atom is -0.335 e. The number of aryl methyl sites for hydroxylation is 1. The van der Waals surface area contributed by atoms with Gasteiger partial charge in [0.1, 0.15) is 5.01 Å². The Hall–Kier alpha value is -1.17. The zero-order chi connectivity index (χ0) is 13.7. The van der Waals surface area contributed by atoms with Crippen molar-refractivity contribution >= 4 is 22.5 Å². The fraction of sp³-hybridized carbons (Fsp3) is 0.769. The highest BCUT2D eigenvalue weighted by molar-refractivity contribution is 7.15. The first kappa shape index (κ1) is 14.2. The van der Waals surface area contributed by atoms with Crippen LogP contribution in [0.5, 0.6) is 0 Å². The van der Waals surface area contributed by atoms with Gasteiger partial charge in [-0.25, -0.2) is 4.79 Å². The van der Waals surface area contributed by atoms with Crippen LogP contribution in [0.15, 0.2) is 0 Å². The number of aromatic nitrogens is 2. The summed E-state index contributed by atoms with van der Waals surface area (Å²) in [6, 6.07) is 0.134. The van der Waals surface area contributed by atoms with Crippen molar-refractivity contribution in [1.82, 2.24) is 15.5 Å². The fourth-order valence-corrected chi connectivity index (χ4v) is 3.29. The number of amides is 2. The Balaban J connectivity index is 1.82. The molecule has 1 aliphatic rings.